The normalized spacial score (nSPS) is 23.6. The fourth-order valence-corrected chi connectivity index (χ4v) is 4.39. The van der Waals surface area contributed by atoms with E-state index in [1.54, 1.807) is 13.3 Å². The second-order valence-corrected chi connectivity index (χ2v) is 7.94. The fraction of sp³-hybridized carbons (Fsp3) is 0.455. The molecule has 1 saturated heterocycles. The first-order chi connectivity index (χ1) is 13.0. The zero-order valence-electron chi connectivity index (χ0n) is 16.6. The van der Waals surface area contributed by atoms with Crippen molar-refractivity contribution in [3.8, 4) is 5.75 Å². The molecule has 0 N–H and O–H groups in total. The first-order valence-electron chi connectivity index (χ1n) is 9.65. The number of hydrogen-bond acceptors (Lipinski definition) is 4. The van der Waals surface area contributed by atoms with E-state index in [1.807, 2.05) is 12.1 Å². The van der Waals surface area contributed by atoms with Crippen LogP contribution in [0.3, 0.4) is 0 Å². The Hall–Kier alpha value is -2.40. The number of nitrogens with zero attached hydrogens (tertiary/aromatic N) is 4. The van der Waals surface area contributed by atoms with E-state index in [2.05, 4.69) is 59.6 Å². The Labute approximate surface area is 161 Å². The van der Waals surface area contributed by atoms with Gasteiger partial charge in [-0.3, -0.25) is 4.90 Å². The van der Waals surface area contributed by atoms with Crippen molar-refractivity contribution in [1.29, 1.82) is 0 Å². The molecule has 1 aliphatic heterocycles. The standard InChI is InChI=1S/C22H28N4O/c1-16-14-26(15-20-24-21-18(25(20)3)9-7-12-23-21)13-11-22(16,2)17-8-5-6-10-19(17)27-4/h5-10,12,16H,11,13-15H2,1-4H3/t16-,22+/m0/s1. The molecule has 1 aromatic carbocycles. The zero-order chi connectivity index (χ0) is 19.0. The summed E-state index contributed by atoms with van der Waals surface area (Å²) in [7, 11) is 3.85. The van der Waals surface area contributed by atoms with Gasteiger partial charge in [0.1, 0.15) is 11.6 Å². The average molecular weight is 364 g/mol. The minimum Gasteiger partial charge on any atom is -0.496 e. The number of methoxy groups -OCH3 is 1. The van der Waals surface area contributed by atoms with Gasteiger partial charge in [0, 0.05) is 30.8 Å². The summed E-state index contributed by atoms with van der Waals surface area (Å²) < 4.78 is 7.82. The Morgan fingerprint density at radius 3 is 2.78 bits per heavy atom. The van der Waals surface area contributed by atoms with Gasteiger partial charge in [-0.25, -0.2) is 9.97 Å². The summed E-state index contributed by atoms with van der Waals surface area (Å²) in [5.41, 5.74) is 3.37. The highest BCUT2D eigenvalue weighted by atomic mass is 16.5. The lowest BCUT2D eigenvalue weighted by atomic mass is 9.67. The van der Waals surface area contributed by atoms with Crippen molar-refractivity contribution < 1.29 is 4.74 Å². The molecule has 0 radical (unpaired) electrons. The number of ether oxygens (including phenoxy) is 1. The van der Waals surface area contributed by atoms with E-state index < -0.39 is 0 Å². The predicted octanol–water partition coefficient (Wildman–Crippen LogP) is 3.78. The Morgan fingerprint density at radius 1 is 1.22 bits per heavy atom. The molecule has 0 amide bonds. The number of para-hydroxylation sites is 1. The number of pyridine rings is 1. The first kappa shape index (κ1) is 18.0. The van der Waals surface area contributed by atoms with Gasteiger partial charge in [-0.2, -0.15) is 0 Å². The van der Waals surface area contributed by atoms with E-state index in [-0.39, 0.29) is 5.41 Å². The van der Waals surface area contributed by atoms with Crippen molar-refractivity contribution >= 4 is 11.2 Å². The largest absolute Gasteiger partial charge is 0.496 e. The lowest BCUT2D eigenvalue weighted by molar-refractivity contribution is 0.101. The zero-order valence-corrected chi connectivity index (χ0v) is 16.6. The third-order valence-corrected chi connectivity index (χ3v) is 6.40. The number of imidazole rings is 1. The summed E-state index contributed by atoms with van der Waals surface area (Å²) in [6.07, 6.45) is 2.91. The van der Waals surface area contributed by atoms with Crippen molar-refractivity contribution in [3.05, 3.63) is 54.0 Å². The van der Waals surface area contributed by atoms with Gasteiger partial charge >= 0.3 is 0 Å². The molecular formula is C22H28N4O. The van der Waals surface area contributed by atoms with Crippen LogP contribution in [0.25, 0.3) is 11.2 Å². The molecule has 5 nitrogen and oxygen atoms in total. The van der Waals surface area contributed by atoms with Crippen LogP contribution in [0.1, 0.15) is 31.7 Å². The lowest BCUT2D eigenvalue weighted by Crippen LogP contribution is -2.47. The SMILES string of the molecule is COc1ccccc1[C@]1(C)CCN(Cc2nc3ncccc3n2C)C[C@@H]1C. The summed E-state index contributed by atoms with van der Waals surface area (Å²) in [6, 6.07) is 12.5. The van der Waals surface area contributed by atoms with Gasteiger partial charge in [-0.1, -0.05) is 32.0 Å². The number of piperidine rings is 1. The molecule has 0 spiro atoms. The highest BCUT2D eigenvalue weighted by molar-refractivity contribution is 5.71. The number of fused-ring (bicyclic) bond motifs is 1. The molecule has 3 aromatic rings. The van der Waals surface area contributed by atoms with Gasteiger partial charge < -0.3 is 9.30 Å². The molecule has 0 saturated carbocycles. The van der Waals surface area contributed by atoms with Crippen LogP contribution in [0, 0.1) is 5.92 Å². The maximum atomic E-state index is 5.65. The Balaban J connectivity index is 1.54. The number of hydrogen-bond donors (Lipinski definition) is 0. The predicted molar refractivity (Wildman–Crippen MR) is 108 cm³/mol. The Kier molecular flexibility index (Phi) is 4.64. The fourth-order valence-electron chi connectivity index (χ4n) is 4.39. The van der Waals surface area contributed by atoms with E-state index in [0.717, 1.165) is 48.8 Å². The van der Waals surface area contributed by atoms with E-state index in [1.165, 1.54) is 5.56 Å². The van der Waals surface area contributed by atoms with Crippen LogP contribution in [0.15, 0.2) is 42.6 Å². The van der Waals surface area contributed by atoms with Gasteiger partial charge in [-0.15, -0.1) is 0 Å². The summed E-state index contributed by atoms with van der Waals surface area (Å²) in [4.78, 5) is 11.6. The van der Waals surface area contributed by atoms with E-state index in [9.17, 15) is 0 Å². The summed E-state index contributed by atoms with van der Waals surface area (Å²) in [6.45, 7) is 7.70. The molecule has 1 aliphatic rings. The monoisotopic (exact) mass is 364 g/mol. The van der Waals surface area contributed by atoms with Crippen molar-refractivity contribution in [2.75, 3.05) is 20.2 Å². The second-order valence-electron chi connectivity index (χ2n) is 7.94. The van der Waals surface area contributed by atoms with Crippen molar-refractivity contribution in [2.45, 2.75) is 32.2 Å². The van der Waals surface area contributed by atoms with Crippen LogP contribution in [-0.4, -0.2) is 39.6 Å². The number of rotatable bonds is 4. The molecule has 0 unspecified atom stereocenters. The third kappa shape index (κ3) is 3.10. The van der Waals surface area contributed by atoms with Crippen molar-refractivity contribution in [2.24, 2.45) is 13.0 Å². The van der Waals surface area contributed by atoms with Gasteiger partial charge in [0.2, 0.25) is 0 Å². The molecule has 2 aromatic heterocycles. The van der Waals surface area contributed by atoms with Crippen LogP contribution in [0.4, 0.5) is 0 Å². The molecule has 3 heterocycles. The smallest absolute Gasteiger partial charge is 0.177 e. The quantitative estimate of drug-likeness (QED) is 0.707. The van der Waals surface area contributed by atoms with E-state index >= 15 is 0 Å². The molecule has 1 fully saturated rings. The molecule has 0 aliphatic carbocycles. The van der Waals surface area contributed by atoms with Crippen LogP contribution in [0.2, 0.25) is 0 Å². The van der Waals surface area contributed by atoms with Crippen molar-refractivity contribution in [1.82, 2.24) is 19.4 Å². The Bertz CT molecular complexity index is 950. The first-order valence-corrected chi connectivity index (χ1v) is 9.65. The summed E-state index contributed by atoms with van der Waals surface area (Å²) in [5, 5.41) is 0. The average Bonchev–Trinajstić information content (AvgIpc) is 3.00. The maximum absolute atomic E-state index is 5.65. The molecule has 5 heteroatoms. The summed E-state index contributed by atoms with van der Waals surface area (Å²) >= 11 is 0. The van der Waals surface area contributed by atoms with Gasteiger partial charge in [0.05, 0.1) is 19.2 Å². The van der Waals surface area contributed by atoms with Crippen LogP contribution in [-0.2, 0) is 19.0 Å². The van der Waals surface area contributed by atoms with Gasteiger partial charge in [0.25, 0.3) is 0 Å². The molecule has 0 bridgehead atoms. The number of likely N-dealkylation sites (tertiary alicyclic amines) is 1. The van der Waals surface area contributed by atoms with Crippen LogP contribution >= 0.6 is 0 Å². The summed E-state index contributed by atoms with van der Waals surface area (Å²) in [5.74, 6) is 2.61. The second kappa shape index (κ2) is 6.97. The third-order valence-electron chi connectivity index (χ3n) is 6.40. The maximum Gasteiger partial charge on any atom is 0.177 e. The Morgan fingerprint density at radius 2 is 2.04 bits per heavy atom. The molecule has 142 valence electrons. The minimum atomic E-state index is 0.122. The van der Waals surface area contributed by atoms with E-state index in [0.29, 0.717) is 5.92 Å². The number of aromatic nitrogens is 3. The van der Waals surface area contributed by atoms with Gasteiger partial charge in [-0.05, 0) is 37.1 Å². The molecule has 4 rings (SSSR count). The molecule has 27 heavy (non-hydrogen) atoms. The number of benzene rings is 1. The topological polar surface area (TPSA) is 43.2 Å². The minimum absolute atomic E-state index is 0.122. The highest BCUT2D eigenvalue weighted by Gasteiger charge is 2.39. The van der Waals surface area contributed by atoms with Crippen LogP contribution < -0.4 is 4.74 Å². The molecule has 2 atom stereocenters. The number of aryl methyl sites for hydroxylation is 1. The van der Waals surface area contributed by atoms with Crippen molar-refractivity contribution in [3.63, 3.8) is 0 Å². The highest BCUT2D eigenvalue weighted by Crippen LogP contribution is 2.43. The molecular weight excluding hydrogens is 336 g/mol. The lowest BCUT2D eigenvalue weighted by Gasteiger charge is -2.45. The van der Waals surface area contributed by atoms with E-state index in [4.69, 9.17) is 9.72 Å². The van der Waals surface area contributed by atoms with Gasteiger partial charge in [0.15, 0.2) is 5.65 Å². The van der Waals surface area contributed by atoms with Crippen LogP contribution in [0.5, 0.6) is 5.75 Å².